The van der Waals surface area contributed by atoms with Gasteiger partial charge in [0.2, 0.25) is 0 Å². The molecule has 0 spiro atoms. The minimum Gasteiger partial charge on any atom is -0.456 e. The number of epoxide rings is 1. The molecule has 0 radical (unpaired) electrons. The Labute approximate surface area is 281 Å². The van der Waals surface area contributed by atoms with Crippen molar-refractivity contribution >= 4 is 17.6 Å². The number of hydrogen-bond donors (Lipinski definition) is 1. The van der Waals surface area contributed by atoms with Crippen molar-refractivity contribution in [2.45, 2.75) is 108 Å². The van der Waals surface area contributed by atoms with Crippen LogP contribution in [0.3, 0.4) is 0 Å². The van der Waals surface area contributed by atoms with Gasteiger partial charge in [-0.1, -0.05) is 61.1 Å². The third-order valence-corrected chi connectivity index (χ3v) is 8.99. The highest BCUT2D eigenvalue weighted by Gasteiger charge is 2.49. The lowest BCUT2D eigenvalue weighted by atomic mass is 9.90. The third-order valence-electron chi connectivity index (χ3n) is 8.99. The summed E-state index contributed by atoms with van der Waals surface area (Å²) in [6.45, 7) is 8.95. The van der Waals surface area contributed by atoms with Crippen molar-refractivity contribution in [3.63, 3.8) is 0 Å². The molecule has 0 aromatic heterocycles. The van der Waals surface area contributed by atoms with E-state index in [0.717, 1.165) is 18.4 Å². The van der Waals surface area contributed by atoms with Crippen molar-refractivity contribution in [2.75, 3.05) is 6.61 Å². The lowest BCUT2D eigenvalue weighted by Crippen LogP contribution is -2.33. The van der Waals surface area contributed by atoms with Crippen LogP contribution in [0.1, 0.15) is 69.2 Å². The highest BCUT2D eigenvalue weighted by Crippen LogP contribution is 2.37. The zero-order chi connectivity index (χ0) is 34.2. The predicted octanol–water partition coefficient (Wildman–Crippen LogP) is 5.88. The summed E-state index contributed by atoms with van der Waals surface area (Å²) in [5.74, 6) is -0.994. The molecule has 11 heteroatoms. The molecule has 1 fully saturated rings. The fourth-order valence-corrected chi connectivity index (χ4v) is 6.46. The van der Waals surface area contributed by atoms with E-state index in [0.29, 0.717) is 32.3 Å². The van der Waals surface area contributed by atoms with Crippen molar-refractivity contribution in [1.82, 2.24) is 0 Å². The van der Waals surface area contributed by atoms with Crippen molar-refractivity contribution in [3.05, 3.63) is 100 Å². The van der Waals surface area contributed by atoms with E-state index >= 15 is 0 Å². The normalized spacial score (nSPS) is 32.9. The number of non-ortho nitro benzene ring substituents is 1. The maximum Gasteiger partial charge on any atom is 0.338 e. The van der Waals surface area contributed by atoms with Gasteiger partial charge in [0.1, 0.15) is 24.4 Å². The van der Waals surface area contributed by atoms with Crippen LogP contribution in [0.2, 0.25) is 0 Å². The van der Waals surface area contributed by atoms with Gasteiger partial charge in [0.15, 0.2) is 0 Å². The van der Waals surface area contributed by atoms with Gasteiger partial charge in [0, 0.05) is 31.1 Å². The van der Waals surface area contributed by atoms with Crippen LogP contribution < -0.4 is 0 Å². The topological polar surface area (TPSA) is 147 Å². The summed E-state index contributed by atoms with van der Waals surface area (Å²) in [4.78, 5) is 36.7. The number of carbonyl (C=O) groups excluding carboxylic acids is 2. The first kappa shape index (κ1) is 35.4. The standard InChI is InChI=1S/C37H45NO10/c1-23-16-17-44-29(19-23)14-15-31(39)32-22-34-36(47-34)33(48-37(41)26-10-12-27(13-11-26)38(42)43)21-25(3)18-24(2)20-30-8-4-6-28(45-30)7-5-9-35(40)46-32/h4-6,9-16,24,28-34,36,39H,3,7-8,17-22H2,1-2H3/b9-5-,15-14+/t24-,28-,29+,30-,31-,32-,33+,34-,36-/m0/s1. The number of nitro groups is 1. The number of ether oxygens (including phenoxy) is 5. The van der Waals surface area contributed by atoms with Gasteiger partial charge in [-0.2, -0.15) is 0 Å². The molecule has 5 rings (SSSR count). The Bertz CT molecular complexity index is 1450. The zero-order valence-corrected chi connectivity index (χ0v) is 27.5. The molecule has 9 atom stereocenters. The van der Waals surface area contributed by atoms with Crippen LogP contribution in [-0.2, 0) is 28.5 Å². The summed E-state index contributed by atoms with van der Waals surface area (Å²) in [6.07, 6.45) is 12.4. The quantitative estimate of drug-likeness (QED) is 0.129. The molecule has 1 N–H and O–H groups in total. The first-order valence-electron chi connectivity index (χ1n) is 16.6. The molecular weight excluding hydrogens is 618 g/mol. The summed E-state index contributed by atoms with van der Waals surface area (Å²) >= 11 is 0. The van der Waals surface area contributed by atoms with E-state index in [1.54, 1.807) is 18.2 Å². The SMILES string of the molecule is C=C1C[C@H](C)C[C@@H]2CC=C[C@@H](C/C=C\C(=O)O[C@H]([C@@H](O)/C=C/[C@@H]3CC(C)=CCO3)C[C@@H]3O[C@H]3[C@H](OC(=O)c3ccc([N+](=O)[O-])cc3)C1)O2. The van der Waals surface area contributed by atoms with E-state index in [-0.39, 0.29) is 41.9 Å². The fraction of sp³-hybridized carbons (Fsp3) is 0.514. The van der Waals surface area contributed by atoms with E-state index in [4.69, 9.17) is 23.7 Å². The minimum absolute atomic E-state index is 0.0210. The van der Waals surface area contributed by atoms with Crippen LogP contribution in [0.25, 0.3) is 0 Å². The summed E-state index contributed by atoms with van der Waals surface area (Å²) < 4.78 is 29.8. The molecule has 0 aliphatic carbocycles. The molecule has 48 heavy (non-hydrogen) atoms. The number of nitrogens with zero attached hydrogens (tertiary/aromatic N) is 1. The van der Waals surface area contributed by atoms with E-state index in [1.165, 1.54) is 35.9 Å². The number of aliphatic hydroxyl groups excluding tert-OH is 1. The highest BCUT2D eigenvalue weighted by molar-refractivity contribution is 5.89. The van der Waals surface area contributed by atoms with Crippen LogP contribution in [-0.4, -0.2) is 77.4 Å². The number of benzene rings is 1. The van der Waals surface area contributed by atoms with E-state index in [1.807, 2.05) is 19.1 Å². The van der Waals surface area contributed by atoms with E-state index in [9.17, 15) is 24.8 Å². The molecule has 2 bridgehead atoms. The second-order valence-electron chi connectivity index (χ2n) is 13.2. The van der Waals surface area contributed by atoms with Crippen LogP contribution in [0, 0.1) is 16.0 Å². The van der Waals surface area contributed by atoms with Crippen molar-refractivity contribution in [2.24, 2.45) is 5.92 Å². The summed E-state index contributed by atoms with van der Waals surface area (Å²) in [7, 11) is 0. The number of carbonyl (C=O) groups is 2. The van der Waals surface area contributed by atoms with Gasteiger partial charge < -0.3 is 28.8 Å². The molecule has 1 aromatic carbocycles. The third kappa shape index (κ3) is 10.3. The molecule has 1 saturated heterocycles. The molecule has 0 saturated carbocycles. The molecule has 4 aliphatic rings. The number of esters is 2. The molecule has 0 amide bonds. The number of nitro benzene ring substituents is 1. The van der Waals surface area contributed by atoms with Gasteiger partial charge in [0.05, 0.1) is 41.5 Å². The molecule has 0 unspecified atom stereocenters. The maximum atomic E-state index is 13.2. The smallest absolute Gasteiger partial charge is 0.338 e. The summed E-state index contributed by atoms with van der Waals surface area (Å²) in [6, 6.07) is 5.22. The Kier molecular flexibility index (Phi) is 12.2. The maximum absolute atomic E-state index is 13.2. The van der Waals surface area contributed by atoms with Gasteiger partial charge in [0.25, 0.3) is 5.69 Å². The summed E-state index contributed by atoms with van der Waals surface area (Å²) in [5.41, 5.74) is 2.11. The zero-order valence-electron chi connectivity index (χ0n) is 27.5. The number of hydrogen-bond acceptors (Lipinski definition) is 10. The van der Waals surface area contributed by atoms with E-state index < -0.39 is 47.4 Å². The second kappa shape index (κ2) is 16.5. The minimum atomic E-state index is -1.14. The first-order chi connectivity index (χ1) is 23.0. The average Bonchev–Trinajstić information content (AvgIpc) is 3.82. The Balaban J connectivity index is 1.35. The molecule has 1 aromatic rings. The van der Waals surface area contributed by atoms with Crippen molar-refractivity contribution < 1.29 is 43.3 Å². The Morgan fingerprint density at radius 2 is 1.92 bits per heavy atom. The van der Waals surface area contributed by atoms with E-state index in [2.05, 4.69) is 19.6 Å². The van der Waals surface area contributed by atoms with Gasteiger partial charge in [-0.05, 0) is 57.1 Å². The van der Waals surface area contributed by atoms with Crippen molar-refractivity contribution in [1.29, 1.82) is 0 Å². The molecule has 11 nitrogen and oxygen atoms in total. The van der Waals surface area contributed by atoms with Gasteiger partial charge in [-0.25, -0.2) is 9.59 Å². The fourth-order valence-electron chi connectivity index (χ4n) is 6.46. The number of cyclic esters (lactones) is 1. The van der Waals surface area contributed by atoms with Crippen LogP contribution in [0.5, 0.6) is 0 Å². The molecule has 258 valence electrons. The summed E-state index contributed by atoms with van der Waals surface area (Å²) in [5, 5.41) is 22.3. The van der Waals surface area contributed by atoms with Gasteiger partial charge in [-0.15, -0.1) is 0 Å². The number of rotatable bonds is 6. The van der Waals surface area contributed by atoms with Crippen LogP contribution in [0.15, 0.2) is 84.5 Å². The predicted molar refractivity (Wildman–Crippen MR) is 177 cm³/mol. The van der Waals surface area contributed by atoms with Crippen LogP contribution >= 0.6 is 0 Å². The monoisotopic (exact) mass is 663 g/mol. The first-order valence-corrected chi connectivity index (χ1v) is 16.6. The number of aliphatic hydroxyl groups is 1. The molecular formula is C37H45NO10. The van der Waals surface area contributed by atoms with Crippen molar-refractivity contribution in [3.8, 4) is 0 Å². The largest absolute Gasteiger partial charge is 0.456 e. The number of fused-ring (bicyclic) bond motifs is 3. The molecule has 4 heterocycles. The lowest BCUT2D eigenvalue weighted by Gasteiger charge is -2.28. The van der Waals surface area contributed by atoms with Crippen LogP contribution in [0.4, 0.5) is 5.69 Å². The molecule has 4 aliphatic heterocycles. The van der Waals surface area contributed by atoms with Gasteiger partial charge >= 0.3 is 11.9 Å². The lowest BCUT2D eigenvalue weighted by molar-refractivity contribution is -0.384. The Morgan fingerprint density at radius 3 is 2.67 bits per heavy atom. The average molecular weight is 664 g/mol. The Morgan fingerprint density at radius 1 is 1.12 bits per heavy atom. The van der Waals surface area contributed by atoms with Gasteiger partial charge in [-0.3, -0.25) is 10.1 Å². The Hall–Kier alpha value is -3.90. The highest BCUT2D eigenvalue weighted by atomic mass is 16.6. The second-order valence-corrected chi connectivity index (χ2v) is 13.2.